The Morgan fingerprint density at radius 3 is 2.27 bits per heavy atom. The normalized spacial score (nSPS) is 11.1. The molecule has 33 heavy (non-hydrogen) atoms. The highest BCUT2D eigenvalue weighted by Gasteiger charge is 2.21. The number of sulfonamides is 1. The molecule has 0 bridgehead atoms. The Balaban J connectivity index is 1.59. The predicted octanol–water partition coefficient (Wildman–Crippen LogP) is 3.53. The second-order valence-corrected chi connectivity index (χ2v) is 9.12. The first-order valence-electron chi connectivity index (χ1n) is 10.6. The van der Waals surface area contributed by atoms with E-state index in [1.54, 1.807) is 53.3 Å². The average molecular weight is 473 g/mol. The van der Waals surface area contributed by atoms with Crippen LogP contribution in [0.3, 0.4) is 0 Å². The first kappa shape index (κ1) is 24.1. The van der Waals surface area contributed by atoms with Crippen LogP contribution in [-0.2, 0) is 21.4 Å². The molecule has 1 heterocycles. The summed E-state index contributed by atoms with van der Waals surface area (Å²) in [5.41, 5.74) is 0.462. The molecule has 0 saturated heterocycles. The van der Waals surface area contributed by atoms with Crippen LogP contribution < -0.4 is 19.1 Å². The minimum absolute atomic E-state index is 0.160. The number of aryl methyl sites for hydroxylation is 1. The summed E-state index contributed by atoms with van der Waals surface area (Å²) in [6.45, 7) is 4.92. The highest BCUT2D eigenvalue weighted by molar-refractivity contribution is 7.92. The Labute approximate surface area is 194 Å². The summed E-state index contributed by atoms with van der Waals surface area (Å²) in [6.07, 6.45) is 2.53. The SMILES string of the molecule is CCCn1nccc1NC(=O)COc1ccc(N(C)S(=O)(=O)c2ccc(OCC)cc2)cc1. The lowest BCUT2D eigenvalue weighted by Gasteiger charge is -2.20. The van der Waals surface area contributed by atoms with E-state index in [1.807, 2.05) is 13.8 Å². The molecule has 3 aromatic rings. The van der Waals surface area contributed by atoms with Crippen molar-refractivity contribution in [3.8, 4) is 11.5 Å². The molecule has 1 N–H and O–H groups in total. The number of hydrogen-bond donors (Lipinski definition) is 1. The number of nitrogens with one attached hydrogen (secondary N) is 1. The number of amides is 1. The zero-order valence-corrected chi connectivity index (χ0v) is 19.7. The predicted molar refractivity (Wildman–Crippen MR) is 126 cm³/mol. The van der Waals surface area contributed by atoms with E-state index in [-0.39, 0.29) is 17.4 Å². The van der Waals surface area contributed by atoms with Crippen LogP contribution in [0.5, 0.6) is 11.5 Å². The van der Waals surface area contributed by atoms with E-state index in [0.717, 1.165) is 6.42 Å². The molecular formula is C23H28N4O5S. The summed E-state index contributed by atoms with van der Waals surface area (Å²) in [4.78, 5) is 12.4. The van der Waals surface area contributed by atoms with Gasteiger partial charge < -0.3 is 14.8 Å². The van der Waals surface area contributed by atoms with E-state index in [4.69, 9.17) is 9.47 Å². The van der Waals surface area contributed by atoms with Crippen LogP contribution in [0.2, 0.25) is 0 Å². The van der Waals surface area contributed by atoms with Crippen LogP contribution >= 0.6 is 0 Å². The largest absolute Gasteiger partial charge is 0.494 e. The van der Waals surface area contributed by atoms with Crippen LogP contribution in [-0.4, -0.2) is 44.4 Å². The number of aromatic nitrogens is 2. The quantitative estimate of drug-likeness (QED) is 0.458. The van der Waals surface area contributed by atoms with Crippen molar-refractivity contribution < 1.29 is 22.7 Å². The molecule has 9 nitrogen and oxygen atoms in total. The van der Waals surface area contributed by atoms with Gasteiger partial charge in [0.1, 0.15) is 17.3 Å². The Hall–Kier alpha value is -3.53. The fourth-order valence-electron chi connectivity index (χ4n) is 3.08. The van der Waals surface area contributed by atoms with Gasteiger partial charge in [0.2, 0.25) is 0 Å². The summed E-state index contributed by atoms with van der Waals surface area (Å²) >= 11 is 0. The number of nitrogens with zero attached hydrogens (tertiary/aromatic N) is 3. The van der Waals surface area contributed by atoms with Crippen LogP contribution in [0, 0.1) is 0 Å². The minimum atomic E-state index is -3.74. The number of hydrogen-bond acceptors (Lipinski definition) is 6. The highest BCUT2D eigenvalue weighted by Crippen LogP contribution is 2.25. The number of rotatable bonds is 11. The molecule has 2 aromatic carbocycles. The van der Waals surface area contributed by atoms with Crippen molar-refractivity contribution in [2.24, 2.45) is 0 Å². The molecule has 0 spiro atoms. The van der Waals surface area contributed by atoms with Crippen LogP contribution in [0.25, 0.3) is 0 Å². The molecule has 0 atom stereocenters. The second-order valence-electron chi connectivity index (χ2n) is 7.15. The van der Waals surface area contributed by atoms with Gasteiger partial charge in [-0.1, -0.05) is 6.92 Å². The third-order valence-corrected chi connectivity index (χ3v) is 6.58. The number of benzene rings is 2. The van der Waals surface area contributed by atoms with Crippen molar-refractivity contribution >= 4 is 27.4 Å². The van der Waals surface area contributed by atoms with Crippen LogP contribution in [0.4, 0.5) is 11.5 Å². The van der Waals surface area contributed by atoms with Crippen LogP contribution in [0.1, 0.15) is 20.3 Å². The summed E-state index contributed by atoms with van der Waals surface area (Å²) in [5.74, 6) is 1.36. The van der Waals surface area contributed by atoms with Gasteiger partial charge in [0.25, 0.3) is 15.9 Å². The van der Waals surface area contributed by atoms with Gasteiger partial charge in [-0.2, -0.15) is 5.10 Å². The van der Waals surface area contributed by atoms with E-state index in [1.165, 1.54) is 23.5 Å². The molecule has 3 rings (SSSR count). The van der Waals surface area contributed by atoms with E-state index in [0.29, 0.717) is 36.2 Å². The number of carbonyl (C=O) groups is 1. The first-order chi connectivity index (χ1) is 15.8. The molecule has 10 heteroatoms. The molecule has 0 aliphatic heterocycles. The standard InChI is InChI=1S/C23H28N4O5S/c1-4-16-27-22(14-15-24-27)25-23(28)17-32-20-8-6-18(7-9-20)26(3)33(29,30)21-12-10-19(11-13-21)31-5-2/h6-15H,4-5,16-17H2,1-3H3,(H,25,28). The fourth-order valence-corrected chi connectivity index (χ4v) is 4.28. The third-order valence-electron chi connectivity index (χ3n) is 4.78. The lowest BCUT2D eigenvalue weighted by atomic mass is 10.3. The lowest BCUT2D eigenvalue weighted by Crippen LogP contribution is -2.26. The Kier molecular flexibility index (Phi) is 7.94. The highest BCUT2D eigenvalue weighted by atomic mass is 32.2. The molecule has 0 aliphatic carbocycles. The summed E-state index contributed by atoms with van der Waals surface area (Å²) in [5, 5.41) is 6.92. The summed E-state index contributed by atoms with van der Waals surface area (Å²) in [6, 6.07) is 14.5. The molecule has 0 aliphatic rings. The number of carbonyl (C=O) groups excluding carboxylic acids is 1. The van der Waals surface area contributed by atoms with Gasteiger partial charge in [0.05, 0.1) is 23.4 Å². The molecule has 1 amide bonds. The lowest BCUT2D eigenvalue weighted by molar-refractivity contribution is -0.118. The van der Waals surface area contributed by atoms with Gasteiger partial charge in [-0.3, -0.25) is 9.10 Å². The van der Waals surface area contributed by atoms with Gasteiger partial charge in [-0.05, 0) is 61.9 Å². The zero-order valence-electron chi connectivity index (χ0n) is 18.9. The monoisotopic (exact) mass is 472 g/mol. The molecule has 176 valence electrons. The third kappa shape index (κ3) is 6.04. The second kappa shape index (κ2) is 10.9. The summed E-state index contributed by atoms with van der Waals surface area (Å²) < 4.78 is 39.6. The first-order valence-corrected chi connectivity index (χ1v) is 12.1. The van der Waals surface area contributed by atoms with Gasteiger partial charge >= 0.3 is 0 Å². The van der Waals surface area contributed by atoms with Gasteiger partial charge in [0.15, 0.2) is 6.61 Å². The van der Waals surface area contributed by atoms with Crippen LogP contribution in [0.15, 0.2) is 65.7 Å². The molecular weight excluding hydrogens is 444 g/mol. The van der Waals surface area contributed by atoms with E-state index in [9.17, 15) is 13.2 Å². The molecule has 0 fully saturated rings. The van der Waals surface area contributed by atoms with E-state index in [2.05, 4.69) is 10.4 Å². The Bertz CT molecular complexity index is 1160. The number of anilines is 2. The van der Waals surface area contributed by atoms with Crippen molar-refractivity contribution in [2.45, 2.75) is 31.7 Å². The van der Waals surface area contributed by atoms with Gasteiger partial charge in [0, 0.05) is 19.7 Å². The maximum Gasteiger partial charge on any atom is 0.264 e. The Morgan fingerprint density at radius 1 is 1.00 bits per heavy atom. The van der Waals surface area contributed by atoms with E-state index >= 15 is 0 Å². The summed E-state index contributed by atoms with van der Waals surface area (Å²) in [7, 11) is -2.25. The van der Waals surface area contributed by atoms with Gasteiger partial charge in [-0.25, -0.2) is 13.1 Å². The smallest absolute Gasteiger partial charge is 0.264 e. The van der Waals surface area contributed by atoms with E-state index < -0.39 is 10.0 Å². The fraction of sp³-hybridized carbons (Fsp3) is 0.304. The molecule has 1 aromatic heterocycles. The van der Waals surface area contributed by atoms with Gasteiger partial charge in [-0.15, -0.1) is 0 Å². The average Bonchev–Trinajstić information content (AvgIpc) is 3.25. The van der Waals surface area contributed by atoms with Crippen molar-refractivity contribution in [3.05, 3.63) is 60.8 Å². The maximum atomic E-state index is 12.9. The molecule has 0 saturated carbocycles. The van der Waals surface area contributed by atoms with Crippen molar-refractivity contribution in [1.29, 1.82) is 0 Å². The topological polar surface area (TPSA) is 103 Å². The van der Waals surface area contributed by atoms with Crippen molar-refractivity contribution in [3.63, 3.8) is 0 Å². The minimum Gasteiger partial charge on any atom is -0.494 e. The van der Waals surface area contributed by atoms with Crippen molar-refractivity contribution in [2.75, 3.05) is 29.9 Å². The molecule has 0 radical (unpaired) electrons. The zero-order chi connectivity index (χ0) is 23.8. The van der Waals surface area contributed by atoms with Crippen molar-refractivity contribution in [1.82, 2.24) is 9.78 Å². The maximum absolute atomic E-state index is 12.9. The molecule has 0 unspecified atom stereocenters. The number of ether oxygens (including phenoxy) is 2. The Morgan fingerprint density at radius 2 is 1.64 bits per heavy atom.